The van der Waals surface area contributed by atoms with Crippen LogP contribution >= 0.6 is 15.9 Å². The van der Waals surface area contributed by atoms with Crippen molar-refractivity contribution in [2.24, 2.45) is 11.8 Å². The van der Waals surface area contributed by atoms with Crippen molar-refractivity contribution in [3.05, 3.63) is 0 Å². The van der Waals surface area contributed by atoms with Crippen LogP contribution in [0.15, 0.2) is 0 Å². The van der Waals surface area contributed by atoms with Crippen LogP contribution in [-0.4, -0.2) is 16.0 Å². The lowest BCUT2D eigenvalue weighted by Gasteiger charge is -2.14. The number of halogens is 1. The minimum absolute atomic E-state index is 0.00752. The Hall–Kier alpha value is 0.440. The molecule has 0 aromatic rings. The van der Waals surface area contributed by atoms with Crippen molar-refractivity contribution in [1.29, 1.82) is 0 Å². The highest BCUT2D eigenvalue weighted by atomic mass is 79.9. The van der Waals surface area contributed by atoms with Gasteiger partial charge < -0.3 is 5.11 Å². The molecular weight excluding hydrogens is 180 g/mol. The van der Waals surface area contributed by atoms with Crippen molar-refractivity contribution in [2.75, 3.05) is 0 Å². The van der Waals surface area contributed by atoms with Gasteiger partial charge in [-0.05, 0) is 31.1 Å². The maximum atomic E-state index is 9.36. The maximum absolute atomic E-state index is 9.36. The first-order chi connectivity index (χ1) is 4.29. The van der Waals surface area contributed by atoms with Crippen LogP contribution in [0.2, 0.25) is 0 Å². The van der Waals surface area contributed by atoms with E-state index < -0.39 is 0 Å². The third-order valence-corrected chi connectivity index (χ3v) is 4.20. The Balaban J connectivity index is 2.16. The number of aliphatic hydroxyl groups is 1. The maximum Gasteiger partial charge on any atom is 0.0582 e. The van der Waals surface area contributed by atoms with Gasteiger partial charge in [-0.15, -0.1) is 0 Å². The Kier molecular flexibility index (Phi) is 1.34. The molecule has 52 valence electrons. The van der Waals surface area contributed by atoms with E-state index in [0.717, 1.165) is 12.3 Å². The van der Waals surface area contributed by atoms with E-state index in [1.807, 2.05) is 0 Å². The van der Waals surface area contributed by atoms with E-state index in [9.17, 15) is 5.11 Å². The van der Waals surface area contributed by atoms with Gasteiger partial charge in [0.1, 0.15) is 0 Å². The highest BCUT2D eigenvalue weighted by molar-refractivity contribution is 9.09. The van der Waals surface area contributed by atoms with Crippen LogP contribution in [0.3, 0.4) is 0 Å². The third-order valence-electron chi connectivity index (χ3n) is 2.77. The van der Waals surface area contributed by atoms with Crippen LogP contribution in [-0.2, 0) is 0 Å². The molecule has 2 aliphatic rings. The van der Waals surface area contributed by atoms with Crippen LogP contribution in [0.25, 0.3) is 0 Å². The summed E-state index contributed by atoms with van der Waals surface area (Å²) in [7, 11) is 0. The summed E-state index contributed by atoms with van der Waals surface area (Å²) in [5.74, 6) is 1.36. The molecule has 1 N–H and O–H groups in total. The van der Waals surface area contributed by atoms with Crippen molar-refractivity contribution >= 4 is 15.9 Å². The molecule has 0 unspecified atom stereocenters. The smallest absolute Gasteiger partial charge is 0.0582 e. The lowest BCUT2D eigenvalue weighted by molar-refractivity contribution is 0.114. The monoisotopic (exact) mass is 190 g/mol. The van der Waals surface area contributed by atoms with Crippen LogP contribution in [0.1, 0.15) is 19.3 Å². The van der Waals surface area contributed by atoms with E-state index in [4.69, 9.17) is 0 Å². The molecule has 0 amide bonds. The average Bonchev–Trinajstić information content (AvgIpc) is 2.25. The molecular formula is C7H11BrO. The molecule has 2 rings (SSSR count). The molecule has 9 heavy (non-hydrogen) atoms. The zero-order valence-corrected chi connectivity index (χ0v) is 6.84. The van der Waals surface area contributed by atoms with E-state index in [1.54, 1.807) is 0 Å². The van der Waals surface area contributed by atoms with Crippen LogP contribution in [0.4, 0.5) is 0 Å². The lowest BCUT2D eigenvalue weighted by Crippen LogP contribution is -2.16. The van der Waals surface area contributed by atoms with Crippen molar-refractivity contribution in [3.8, 4) is 0 Å². The number of rotatable bonds is 0. The van der Waals surface area contributed by atoms with Gasteiger partial charge in [0.25, 0.3) is 0 Å². The zero-order chi connectivity index (χ0) is 6.43. The second-order valence-corrected chi connectivity index (χ2v) is 4.31. The molecule has 2 aliphatic carbocycles. The van der Waals surface area contributed by atoms with E-state index in [1.165, 1.54) is 12.8 Å². The number of alkyl halides is 1. The SMILES string of the molecule is O[C@@H]1C[C@H]2CC[C@@H]1[C@H]2Br. The molecule has 2 saturated carbocycles. The minimum Gasteiger partial charge on any atom is -0.393 e. The summed E-state index contributed by atoms with van der Waals surface area (Å²) >= 11 is 3.61. The summed E-state index contributed by atoms with van der Waals surface area (Å²) in [5.41, 5.74) is 0. The lowest BCUT2D eigenvalue weighted by atomic mass is 9.98. The van der Waals surface area contributed by atoms with E-state index in [-0.39, 0.29) is 6.10 Å². The number of hydrogen-bond donors (Lipinski definition) is 1. The first kappa shape index (κ1) is 6.17. The summed E-state index contributed by atoms with van der Waals surface area (Å²) in [4.78, 5) is 0.632. The fourth-order valence-electron chi connectivity index (χ4n) is 2.21. The van der Waals surface area contributed by atoms with Crippen molar-refractivity contribution in [3.63, 3.8) is 0 Å². The Morgan fingerprint density at radius 1 is 1.33 bits per heavy atom. The van der Waals surface area contributed by atoms with Gasteiger partial charge in [-0.2, -0.15) is 0 Å². The summed E-state index contributed by atoms with van der Waals surface area (Å²) in [6, 6.07) is 0. The molecule has 1 nitrogen and oxygen atoms in total. The Morgan fingerprint density at radius 2 is 2.11 bits per heavy atom. The van der Waals surface area contributed by atoms with Gasteiger partial charge in [0.2, 0.25) is 0 Å². The second kappa shape index (κ2) is 1.96. The third kappa shape index (κ3) is 0.761. The van der Waals surface area contributed by atoms with E-state index >= 15 is 0 Å². The zero-order valence-electron chi connectivity index (χ0n) is 5.26. The highest BCUT2D eigenvalue weighted by Crippen LogP contribution is 2.48. The summed E-state index contributed by atoms with van der Waals surface area (Å²) in [5, 5.41) is 9.36. The fourth-order valence-corrected chi connectivity index (χ4v) is 3.31. The van der Waals surface area contributed by atoms with Gasteiger partial charge in [-0.1, -0.05) is 15.9 Å². The molecule has 0 radical (unpaired) electrons. The van der Waals surface area contributed by atoms with E-state index in [2.05, 4.69) is 15.9 Å². The number of hydrogen-bond acceptors (Lipinski definition) is 1. The second-order valence-electron chi connectivity index (χ2n) is 3.25. The molecule has 0 aromatic carbocycles. The summed E-state index contributed by atoms with van der Waals surface area (Å²) < 4.78 is 0. The predicted octanol–water partition coefficient (Wildman–Crippen LogP) is 1.54. The number of fused-ring (bicyclic) bond motifs is 2. The van der Waals surface area contributed by atoms with Crippen LogP contribution in [0, 0.1) is 11.8 Å². The van der Waals surface area contributed by atoms with E-state index in [0.29, 0.717) is 10.7 Å². The molecule has 0 spiro atoms. The Morgan fingerprint density at radius 3 is 2.33 bits per heavy atom. The molecule has 2 heteroatoms. The van der Waals surface area contributed by atoms with Crippen molar-refractivity contribution < 1.29 is 5.11 Å². The van der Waals surface area contributed by atoms with Crippen molar-refractivity contribution in [1.82, 2.24) is 0 Å². The van der Waals surface area contributed by atoms with Gasteiger partial charge >= 0.3 is 0 Å². The highest BCUT2D eigenvalue weighted by Gasteiger charge is 2.45. The summed E-state index contributed by atoms with van der Waals surface area (Å²) in [6.45, 7) is 0. The normalized spacial score (nSPS) is 56.7. The first-order valence-corrected chi connectivity index (χ1v) is 4.53. The van der Waals surface area contributed by atoms with Gasteiger partial charge in [0, 0.05) is 4.83 Å². The Labute approximate surface area is 63.6 Å². The van der Waals surface area contributed by atoms with Crippen molar-refractivity contribution in [2.45, 2.75) is 30.2 Å². The van der Waals surface area contributed by atoms with Crippen LogP contribution < -0.4 is 0 Å². The van der Waals surface area contributed by atoms with Gasteiger partial charge in [0.15, 0.2) is 0 Å². The first-order valence-electron chi connectivity index (χ1n) is 3.61. The predicted molar refractivity (Wildman–Crippen MR) is 39.6 cm³/mol. The average molecular weight is 191 g/mol. The minimum atomic E-state index is 0.00752. The molecule has 0 heterocycles. The standard InChI is InChI=1S/C7H11BrO/c8-7-4-1-2-5(7)6(9)3-4/h4-7,9H,1-3H2/t4-,5+,6-,7+/m1/s1. The fraction of sp³-hybridized carbons (Fsp3) is 1.00. The van der Waals surface area contributed by atoms with Gasteiger partial charge in [0.05, 0.1) is 6.10 Å². The molecule has 2 fully saturated rings. The van der Waals surface area contributed by atoms with Crippen LogP contribution in [0.5, 0.6) is 0 Å². The van der Waals surface area contributed by atoms with Gasteiger partial charge in [-0.3, -0.25) is 0 Å². The molecule has 0 aromatic heterocycles. The molecule has 4 atom stereocenters. The molecule has 2 bridgehead atoms. The quantitative estimate of drug-likeness (QED) is 0.576. The molecule has 0 saturated heterocycles. The summed E-state index contributed by atoms with van der Waals surface area (Å²) in [6.07, 6.45) is 3.62. The Bertz CT molecular complexity index is 126. The largest absolute Gasteiger partial charge is 0.393 e. The number of aliphatic hydroxyl groups excluding tert-OH is 1. The molecule has 0 aliphatic heterocycles. The van der Waals surface area contributed by atoms with Gasteiger partial charge in [-0.25, -0.2) is 0 Å². The topological polar surface area (TPSA) is 20.2 Å².